The van der Waals surface area contributed by atoms with Crippen LogP contribution in [0.5, 0.6) is 0 Å². The fraction of sp³-hybridized carbons (Fsp3) is 0.688. The van der Waals surface area contributed by atoms with E-state index in [4.69, 9.17) is 0 Å². The molecule has 2 rings (SSSR count). The molecule has 146 valence electrons. The Hall–Kier alpha value is -1.72. The first-order chi connectivity index (χ1) is 12.2. The summed E-state index contributed by atoms with van der Waals surface area (Å²) in [7, 11) is 1.95. The molecule has 0 fully saturated rings. The van der Waals surface area contributed by atoms with E-state index in [2.05, 4.69) is 54.4 Å². The van der Waals surface area contributed by atoms with Crippen LogP contribution in [0.4, 0.5) is 0 Å². The minimum absolute atomic E-state index is 0. The normalized spacial score (nSPS) is 11.3. The molecule has 0 unspecified atom stereocenters. The van der Waals surface area contributed by atoms with Gasteiger partial charge < -0.3 is 19.8 Å². The average Bonchev–Trinajstić information content (AvgIpc) is 3.20. The zero-order valence-electron chi connectivity index (χ0n) is 16.1. The van der Waals surface area contributed by atoms with Gasteiger partial charge in [-0.25, -0.2) is 4.99 Å². The first kappa shape index (κ1) is 22.3. The van der Waals surface area contributed by atoms with Gasteiger partial charge in [-0.15, -0.1) is 44.4 Å². The Morgan fingerprint density at radius 1 is 1.12 bits per heavy atom. The molecule has 2 heterocycles. The summed E-state index contributed by atoms with van der Waals surface area (Å²) >= 11 is 0. The summed E-state index contributed by atoms with van der Waals surface area (Å²) in [6, 6.07) is 0. The predicted molar refractivity (Wildman–Crippen MR) is 113 cm³/mol. The molecule has 10 heteroatoms. The van der Waals surface area contributed by atoms with E-state index in [-0.39, 0.29) is 24.0 Å². The molecule has 0 atom stereocenters. The van der Waals surface area contributed by atoms with Crippen molar-refractivity contribution < 1.29 is 0 Å². The summed E-state index contributed by atoms with van der Waals surface area (Å²) in [4.78, 5) is 4.63. The van der Waals surface area contributed by atoms with E-state index in [0.29, 0.717) is 6.54 Å². The second-order valence-corrected chi connectivity index (χ2v) is 5.89. The van der Waals surface area contributed by atoms with Crippen LogP contribution < -0.4 is 10.6 Å². The van der Waals surface area contributed by atoms with E-state index in [1.807, 2.05) is 18.5 Å². The van der Waals surface area contributed by atoms with Gasteiger partial charge in [-0.1, -0.05) is 20.3 Å². The standard InChI is InChI=1S/C16H29N9.HI/c1-5-7-8-17-16(19-11-15-23-21-13(3)24(15)4)18-9-10-25-12-20-22-14(25)6-2;/h12H,5-11H2,1-4H3,(H2,17,18,19);1H. The smallest absolute Gasteiger partial charge is 0.191 e. The van der Waals surface area contributed by atoms with E-state index >= 15 is 0 Å². The summed E-state index contributed by atoms with van der Waals surface area (Å²) in [6.45, 7) is 9.12. The number of nitrogens with zero attached hydrogens (tertiary/aromatic N) is 7. The van der Waals surface area contributed by atoms with Gasteiger partial charge in [0.15, 0.2) is 11.8 Å². The van der Waals surface area contributed by atoms with E-state index < -0.39 is 0 Å². The van der Waals surface area contributed by atoms with E-state index in [1.54, 1.807) is 6.33 Å². The first-order valence-corrected chi connectivity index (χ1v) is 8.89. The lowest BCUT2D eigenvalue weighted by Gasteiger charge is -2.13. The molecule has 2 aromatic rings. The third-order valence-electron chi connectivity index (χ3n) is 4.04. The van der Waals surface area contributed by atoms with Gasteiger partial charge in [-0.2, -0.15) is 0 Å². The molecule has 2 aromatic heterocycles. The Balaban J connectivity index is 0.00000338. The molecule has 0 aliphatic rings. The van der Waals surface area contributed by atoms with Crippen LogP contribution in [-0.2, 0) is 26.6 Å². The van der Waals surface area contributed by atoms with E-state index in [0.717, 1.165) is 62.3 Å². The zero-order chi connectivity index (χ0) is 18.1. The quantitative estimate of drug-likeness (QED) is 0.247. The molecule has 0 aromatic carbocycles. The maximum absolute atomic E-state index is 4.63. The highest BCUT2D eigenvalue weighted by Gasteiger charge is 2.06. The van der Waals surface area contributed by atoms with Crippen molar-refractivity contribution in [1.82, 2.24) is 40.2 Å². The Labute approximate surface area is 172 Å². The molecule has 0 aliphatic heterocycles. The van der Waals surface area contributed by atoms with Crippen molar-refractivity contribution in [2.24, 2.45) is 12.0 Å². The minimum Gasteiger partial charge on any atom is -0.356 e. The number of aromatic nitrogens is 6. The van der Waals surface area contributed by atoms with Gasteiger partial charge in [-0.3, -0.25) is 0 Å². The van der Waals surface area contributed by atoms with Gasteiger partial charge in [0.1, 0.15) is 24.5 Å². The van der Waals surface area contributed by atoms with Crippen molar-refractivity contribution in [3.63, 3.8) is 0 Å². The second-order valence-electron chi connectivity index (χ2n) is 5.89. The Kier molecular flexibility index (Phi) is 10.1. The van der Waals surface area contributed by atoms with Crippen molar-refractivity contribution in [2.75, 3.05) is 13.1 Å². The van der Waals surface area contributed by atoms with Crippen molar-refractivity contribution >= 4 is 29.9 Å². The molecular weight excluding hydrogens is 445 g/mol. The van der Waals surface area contributed by atoms with Gasteiger partial charge in [0.05, 0.1) is 0 Å². The third-order valence-corrected chi connectivity index (χ3v) is 4.04. The van der Waals surface area contributed by atoms with Gasteiger partial charge in [0, 0.05) is 33.1 Å². The summed E-state index contributed by atoms with van der Waals surface area (Å²) in [6.07, 6.45) is 4.89. The highest BCUT2D eigenvalue weighted by molar-refractivity contribution is 14.0. The average molecular weight is 475 g/mol. The van der Waals surface area contributed by atoms with Crippen molar-refractivity contribution in [1.29, 1.82) is 0 Å². The summed E-state index contributed by atoms with van der Waals surface area (Å²) in [5.74, 6) is 3.52. The lowest BCUT2D eigenvalue weighted by atomic mass is 10.3. The highest BCUT2D eigenvalue weighted by Crippen LogP contribution is 1.99. The SMILES string of the molecule is CCCCNC(=NCc1nnc(C)n1C)NCCn1cnnc1CC.I. The number of halogens is 1. The lowest BCUT2D eigenvalue weighted by molar-refractivity contribution is 0.627. The van der Waals surface area contributed by atoms with Crippen molar-refractivity contribution in [3.8, 4) is 0 Å². The summed E-state index contributed by atoms with van der Waals surface area (Å²) in [5, 5.41) is 23.0. The number of aryl methyl sites for hydroxylation is 2. The van der Waals surface area contributed by atoms with Crippen molar-refractivity contribution in [2.45, 2.75) is 53.1 Å². The molecular formula is C16H30IN9. The third kappa shape index (κ3) is 6.54. The molecule has 0 radical (unpaired) electrons. The Morgan fingerprint density at radius 2 is 1.88 bits per heavy atom. The maximum atomic E-state index is 4.63. The molecule has 0 saturated carbocycles. The minimum atomic E-state index is 0. The second kappa shape index (κ2) is 11.8. The highest BCUT2D eigenvalue weighted by atomic mass is 127. The zero-order valence-corrected chi connectivity index (χ0v) is 18.4. The largest absolute Gasteiger partial charge is 0.356 e. The molecule has 26 heavy (non-hydrogen) atoms. The summed E-state index contributed by atoms with van der Waals surface area (Å²) in [5.41, 5.74) is 0. The monoisotopic (exact) mass is 475 g/mol. The molecule has 0 amide bonds. The van der Waals surface area contributed by atoms with Gasteiger partial charge in [-0.05, 0) is 13.3 Å². The number of aliphatic imine (C=N–C) groups is 1. The van der Waals surface area contributed by atoms with Crippen LogP contribution in [0.3, 0.4) is 0 Å². The number of hydrogen-bond donors (Lipinski definition) is 2. The number of nitrogens with one attached hydrogen (secondary N) is 2. The number of hydrogen-bond acceptors (Lipinski definition) is 5. The van der Waals surface area contributed by atoms with Crippen LogP contribution in [0.25, 0.3) is 0 Å². The van der Waals surface area contributed by atoms with Gasteiger partial charge in [0.2, 0.25) is 0 Å². The van der Waals surface area contributed by atoms with Crippen LogP contribution in [0.2, 0.25) is 0 Å². The molecule has 0 saturated heterocycles. The lowest BCUT2D eigenvalue weighted by Crippen LogP contribution is -2.39. The number of rotatable bonds is 9. The summed E-state index contributed by atoms with van der Waals surface area (Å²) < 4.78 is 4.01. The fourth-order valence-corrected chi connectivity index (χ4v) is 2.33. The van der Waals surface area contributed by atoms with E-state index in [1.165, 1.54) is 0 Å². The van der Waals surface area contributed by atoms with E-state index in [9.17, 15) is 0 Å². The first-order valence-electron chi connectivity index (χ1n) is 8.89. The van der Waals surface area contributed by atoms with Gasteiger partial charge in [0.25, 0.3) is 0 Å². The van der Waals surface area contributed by atoms with Crippen LogP contribution in [0.15, 0.2) is 11.3 Å². The Bertz CT molecular complexity index is 677. The molecule has 2 N–H and O–H groups in total. The molecule has 9 nitrogen and oxygen atoms in total. The van der Waals surface area contributed by atoms with Crippen LogP contribution in [0, 0.1) is 6.92 Å². The molecule has 0 bridgehead atoms. The number of guanidine groups is 1. The van der Waals surface area contributed by atoms with Crippen LogP contribution in [0.1, 0.15) is 44.2 Å². The number of unbranched alkanes of at least 4 members (excludes halogenated alkanes) is 1. The molecule has 0 spiro atoms. The Morgan fingerprint density at radius 3 is 2.54 bits per heavy atom. The van der Waals surface area contributed by atoms with Gasteiger partial charge >= 0.3 is 0 Å². The topological polar surface area (TPSA) is 97.8 Å². The van der Waals surface area contributed by atoms with Crippen LogP contribution in [-0.4, -0.2) is 48.6 Å². The maximum Gasteiger partial charge on any atom is 0.191 e. The van der Waals surface area contributed by atoms with Crippen LogP contribution >= 0.6 is 24.0 Å². The fourth-order valence-electron chi connectivity index (χ4n) is 2.33. The predicted octanol–water partition coefficient (Wildman–Crippen LogP) is 1.43. The molecule has 0 aliphatic carbocycles. The van der Waals surface area contributed by atoms with Crippen molar-refractivity contribution in [3.05, 3.63) is 23.8 Å².